The van der Waals surface area contributed by atoms with Crippen molar-refractivity contribution in [2.75, 3.05) is 11.1 Å². The number of carbonyl (C=O) groups is 1. The summed E-state index contributed by atoms with van der Waals surface area (Å²) in [4.78, 5) is 17.2. The van der Waals surface area contributed by atoms with E-state index in [9.17, 15) is 4.79 Å². The molecule has 5 heteroatoms. The highest BCUT2D eigenvalue weighted by molar-refractivity contribution is 7.99. The van der Waals surface area contributed by atoms with Gasteiger partial charge in [-0.2, -0.15) is 0 Å². The van der Waals surface area contributed by atoms with Crippen molar-refractivity contribution in [1.29, 1.82) is 0 Å². The number of thioether (sulfide) groups is 1. The first-order valence-electron chi connectivity index (χ1n) is 7.88. The first-order chi connectivity index (χ1) is 11.7. The summed E-state index contributed by atoms with van der Waals surface area (Å²) in [5.41, 5.74) is 4.41. The Morgan fingerprint density at radius 3 is 2.75 bits per heavy atom. The highest BCUT2D eigenvalue weighted by atomic mass is 32.2. The van der Waals surface area contributed by atoms with E-state index >= 15 is 0 Å². The van der Waals surface area contributed by atoms with E-state index in [1.165, 1.54) is 0 Å². The summed E-state index contributed by atoms with van der Waals surface area (Å²) in [6.07, 6.45) is 2.06. The summed E-state index contributed by atoms with van der Waals surface area (Å²) in [5, 5.41) is 4.06. The molecule has 1 aliphatic heterocycles. The molecule has 3 aromatic rings. The van der Waals surface area contributed by atoms with E-state index in [2.05, 4.69) is 21.1 Å². The number of para-hydroxylation sites is 1. The lowest BCUT2D eigenvalue weighted by atomic mass is 10.1. The molecule has 0 unspecified atom stereocenters. The van der Waals surface area contributed by atoms with Crippen LogP contribution in [0, 0.1) is 6.92 Å². The second-order valence-corrected chi connectivity index (χ2v) is 6.88. The number of imidazole rings is 1. The number of rotatable bonds is 3. The first-order valence-corrected chi connectivity index (χ1v) is 8.87. The minimum absolute atomic E-state index is 0.108. The first kappa shape index (κ1) is 15.0. The lowest BCUT2D eigenvalue weighted by molar-refractivity contribution is 0.102. The topological polar surface area (TPSA) is 46.9 Å². The molecule has 1 amide bonds. The molecule has 24 heavy (non-hydrogen) atoms. The van der Waals surface area contributed by atoms with Gasteiger partial charge in [-0.3, -0.25) is 4.79 Å². The van der Waals surface area contributed by atoms with Crippen molar-refractivity contribution in [3.05, 3.63) is 65.9 Å². The van der Waals surface area contributed by atoms with Gasteiger partial charge in [-0.25, -0.2) is 4.98 Å². The molecule has 0 aliphatic carbocycles. The molecule has 4 rings (SSSR count). The molecule has 1 N–H and O–H groups in total. The maximum atomic E-state index is 12.5. The summed E-state index contributed by atoms with van der Waals surface area (Å²) in [7, 11) is 0. The van der Waals surface area contributed by atoms with Gasteiger partial charge in [0.1, 0.15) is 0 Å². The van der Waals surface area contributed by atoms with Gasteiger partial charge in [-0.15, -0.1) is 0 Å². The van der Waals surface area contributed by atoms with Crippen LogP contribution in [0.25, 0.3) is 11.3 Å². The van der Waals surface area contributed by atoms with E-state index in [1.807, 2.05) is 55.5 Å². The summed E-state index contributed by atoms with van der Waals surface area (Å²) in [6.45, 7) is 3.00. The average Bonchev–Trinajstić information content (AvgIpc) is 3.17. The van der Waals surface area contributed by atoms with Crippen molar-refractivity contribution in [1.82, 2.24) is 9.55 Å². The molecule has 0 bridgehead atoms. The van der Waals surface area contributed by atoms with Crippen molar-refractivity contribution in [2.45, 2.75) is 18.6 Å². The molecular formula is C19H17N3OS. The summed E-state index contributed by atoms with van der Waals surface area (Å²) >= 11 is 1.77. The second kappa shape index (κ2) is 6.17. The fourth-order valence-corrected chi connectivity index (χ4v) is 3.70. The largest absolute Gasteiger partial charge is 0.325 e. The highest BCUT2D eigenvalue weighted by Gasteiger charge is 2.17. The Hall–Kier alpha value is -2.53. The number of carbonyl (C=O) groups excluding carboxylic acids is 1. The molecule has 0 fully saturated rings. The standard InChI is InChI=1S/C19H17N3OS/c1-13-6-8-14(9-7-13)18(23)20-16-5-3-2-4-15(16)17-12-22-10-11-24-19(22)21-17/h2-9,12H,10-11H2,1H3,(H,20,23). The quantitative estimate of drug-likeness (QED) is 0.780. The Morgan fingerprint density at radius 2 is 1.96 bits per heavy atom. The predicted octanol–water partition coefficient (Wildman–Crippen LogP) is 4.22. The molecule has 2 heterocycles. The van der Waals surface area contributed by atoms with Gasteiger partial charge in [0, 0.05) is 29.6 Å². The summed E-state index contributed by atoms with van der Waals surface area (Å²) < 4.78 is 2.17. The third-order valence-electron chi connectivity index (χ3n) is 4.07. The summed E-state index contributed by atoms with van der Waals surface area (Å²) in [5.74, 6) is 0.970. The van der Waals surface area contributed by atoms with Crippen molar-refractivity contribution >= 4 is 23.4 Å². The Morgan fingerprint density at radius 1 is 1.17 bits per heavy atom. The number of nitrogens with one attached hydrogen (secondary N) is 1. The normalized spacial score (nSPS) is 12.9. The number of benzene rings is 2. The van der Waals surface area contributed by atoms with Gasteiger partial charge in [-0.05, 0) is 25.1 Å². The number of fused-ring (bicyclic) bond motifs is 1. The molecule has 0 spiro atoms. The number of anilines is 1. The van der Waals surface area contributed by atoms with E-state index in [-0.39, 0.29) is 5.91 Å². The minimum atomic E-state index is -0.108. The average molecular weight is 335 g/mol. The van der Waals surface area contributed by atoms with Crippen LogP contribution in [0.1, 0.15) is 15.9 Å². The number of aromatic nitrogens is 2. The maximum absolute atomic E-state index is 12.5. The molecule has 120 valence electrons. The third kappa shape index (κ3) is 2.83. The molecular weight excluding hydrogens is 318 g/mol. The predicted molar refractivity (Wildman–Crippen MR) is 97.5 cm³/mol. The lowest BCUT2D eigenvalue weighted by Crippen LogP contribution is -2.12. The van der Waals surface area contributed by atoms with Crippen LogP contribution in [0.4, 0.5) is 5.69 Å². The molecule has 1 aliphatic rings. The molecule has 0 saturated heterocycles. The van der Waals surface area contributed by atoms with E-state index in [1.54, 1.807) is 11.8 Å². The van der Waals surface area contributed by atoms with E-state index in [0.717, 1.165) is 40.0 Å². The van der Waals surface area contributed by atoms with Crippen LogP contribution < -0.4 is 5.32 Å². The van der Waals surface area contributed by atoms with Crippen LogP contribution in [-0.4, -0.2) is 21.2 Å². The molecule has 4 nitrogen and oxygen atoms in total. The van der Waals surface area contributed by atoms with Crippen molar-refractivity contribution in [3.63, 3.8) is 0 Å². The maximum Gasteiger partial charge on any atom is 0.255 e. The Labute approximate surface area is 144 Å². The number of aryl methyl sites for hydroxylation is 2. The van der Waals surface area contributed by atoms with Crippen molar-refractivity contribution in [2.24, 2.45) is 0 Å². The molecule has 1 aromatic heterocycles. The molecule has 0 atom stereocenters. The minimum Gasteiger partial charge on any atom is -0.325 e. The third-order valence-corrected chi connectivity index (χ3v) is 5.04. The fraction of sp³-hybridized carbons (Fsp3) is 0.158. The Balaban J connectivity index is 1.64. The smallest absolute Gasteiger partial charge is 0.255 e. The monoisotopic (exact) mass is 335 g/mol. The van der Waals surface area contributed by atoms with Gasteiger partial charge in [0.25, 0.3) is 5.91 Å². The Bertz CT molecular complexity index is 878. The highest BCUT2D eigenvalue weighted by Crippen LogP contribution is 2.32. The fourth-order valence-electron chi connectivity index (χ4n) is 2.75. The zero-order valence-corrected chi connectivity index (χ0v) is 14.1. The van der Waals surface area contributed by atoms with Crippen LogP contribution >= 0.6 is 11.8 Å². The molecule has 0 radical (unpaired) electrons. The van der Waals surface area contributed by atoms with E-state index in [4.69, 9.17) is 0 Å². The van der Waals surface area contributed by atoms with Gasteiger partial charge in [0.15, 0.2) is 5.16 Å². The van der Waals surface area contributed by atoms with Crippen LogP contribution in [0.5, 0.6) is 0 Å². The van der Waals surface area contributed by atoms with E-state index in [0.29, 0.717) is 5.56 Å². The SMILES string of the molecule is Cc1ccc(C(=O)Nc2ccccc2-c2cn3c(n2)SCC3)cc1. The van der Waals surface area contributed by atoms with Gasteiger partial charge in [0.05, 0.1) is 11.4 Å². The number of nitrogens with zero attached hydrogens (tertiary/aromatic N) is 2. The Kier molecular flexibility index (Phi) is 3.86. The van der Waals surface area contributed by atoms with Crippen molar-refractivity contribution in [3.8, 4) is 11.3 Å². The second-order valence-electron chi connectivity index (χ2n) is 5.82. The zero-order chi connectivity index (χ0) is 16.5. The molecule has 2 aromatic carbocycles. The lowest BCUT2D eigenvalue weighted by Gasteiger charge is -2.10. The van der Waals surface area contributed by atoms with Crippen molar-refractivity contribution < 1.29 is 4.79 Å². The van der Waals surface area contributed by atoms with Gasteiger partial charge < -0.3 is 9.88 Å². The van der Waals surface area contributed by atoms with Crippen LogP contribution in [0.3, 0.4) is 0 Å². The van der Waals surface area contributed by atoms with E-state index < -0.39 is 0 Å². The number of amides is 1. The number of hydrogen-bond acceptors (Lipinski definition) is 3. The van der Waals surface area contributed by atoms with Gasteiger partial charge >= 0.3 is 0 Å². The van der Waals surface area contributed by atoms with Crippen LogP contribution in [0.2, 0.25) is 0 Å². The molecule has 0 saturated carbocycles. The van der Waals surface area contributed by atoms with Gasteiger partial charge in [0.2, 0.25) is 0 Å². The summed E-state index contributed by atoms with van der Waals surface area (Å²) in [6, 6.07) is 15.4. The van der Waals surface area contributed by atoms with Crippen LogP contribution in [-0.2, 0) is 6.54 Å². The van der Waals surface area contributed by atoms with Crippen LogP contribution in [0.15, 0.2) is 59.9 Å². The van der Waals surface area contributed by atoms with Gasteiger partial charge in [-0.1, -0.05) is 47.7 Å². The number of hydrogen-bond donors (Lipinski definition) is 1. The zero-order valence-electron chi connectivity index (χ0n) is 13.3.